The molecule has 2 saturated heterocycles. The van der Waals surface area contributed by atoms with E-state index in [9.17, 15) is 14.7 Å². The summed E-state index contributed by atoms with van der Waals surface area (Å²) in [6.45, 7) is 0.673. The van der Waals surface area contributed by atoms with E-state index in [2.05, 4.69) is 0 Å². The van der Waals surface area contributed by atoms with Gasteiger partial charge in [-0.05, 0) is 37.3 Å². The van der Waals surface area contributed by atoms with Gasteiger partial charge < -0.3 is 14.9 Å². The predicted octanol–water partition coefficient (Wildman–Crippen LogP) is 2.32. The Bertz CT molecular complexity index is 601. The maximum atomic E-state index is 12.5. The first-order chi connectivity index (χ1) is 10.1. The molecular weight excluding hydrogens is 268 g/mol. The summed E-state index contributed by atoms with van der Waals surface area (Å²) in [5.74, 6) is 0.110. The second-order valence-electron chi connectivity index (χ2n) is 6.29. The fourth-order valence-corrected chi connectivity index (χ4v) is 4.29. The lowest BCUT2D eigenvalue weighted by Crippen LogP contribution is -2.52. The molecule has 5 nitrogen and oxygen atoms in total. The van der Waals surface area contributed by atoms with Gasteiger partial charge in [-0.15, -0.1) is 0 Å². The summed E-state index contributed by atoms with van der Waals surface area (Å²) in [6, 6.07) is 8.11. The molecule has 1 N–H and O–H groups in total. The van der Waals surface area contributed by atoms with Gasteiger partial charge in [0.25, 0.3) is 5.91 Å². The first-order valence-electron chi connectivity index (χ1n) is 7.55. The fraction of sp³-hybridized carbons (Fsp3) is 0.500. The van der Waals surface area contributed by atoms with E-state index in [-0.39, 0.29) is 24.0 Å². The molecule has 2 bridgehead atoms. The van der Waals surface area contributed by atoms with Crippen LogP contribution in [0.1, 0.15) is 41.6 Å². The highest BCUT2D eigenvalue weighted by atomic mass is 16.4. The van der Waals surface area contributed by atoms with Gasteiger partial charge in [0.1, 0.15) is 0 Å². The minimum absolute atomic E-state index is 0.0859. The van der Waals surface area contributed by atoms with Gasteiger partial charge in [-0.25, -0.2) is 4.79 Å². The smallest absolute Gasteiger partial charge is 0.407 e. The zero-order chi connectivity index (χ0) is 14.6. The lowest BCUT2D eigenvalue weighted by atomic mass is 9.96. The SMILES string of the molecule is O=C1c2ccccc2CN1[C@H]1C[C@H]2CC[C@@H](C1)N2C(=O)O. The Labute approximate surface area is 123 Å². The number of hydrogen-bond acceptors (Lipinski definition) is 2. The summed E-state index contributed by atoms with van der Waals surface area (Å²) in [4.78, 5) is 27.4. The van der Waals surface area contributed by atoms with Crippen molar-refractivity contribution in [3.05, 3.63) is 35.4 Å². The second-order valence-corrected chi connectivity index (χ2v) is 6.29. The molecule has 2 fully saturated rings. The Balaban J connectivity index is 1.56. The molecule has 4 rings (SSSR count). The van der Waals surface area contributed by atoms with Gasteiger partial charge in [0.15, 0.2) is 0 Å². The first kappa shape index (κ1) is 12.7. The van der Waals surface area contributed by atoms with Crippen LogP contribution in [0.3, 0.4) is 0 Å². The topological polar surface area (TPSA) is 60.9 Å². The highest BCUT2D eigenvalue weighted by Crippen LogP contribution is 2.39. The summed E-state index contributed by atoms with van der Waals surface area (Å²) in [5.41, 5.74) is 1.90. The van der Waals surface area contributed by atoms with Crippen LogP contribution in [0, 0.1) is 0 Å². The molecular formula is C16H18N2O3. The average molecular weight is 286 g/mol. The van der Waals surface area contributed by atoms with Crippen LogP contribution in [0.25, 0.3) is 0 Å². The van der Waals surface area contributed by atoms with Crippen LogP contribution in [-0.2, 0) is 6.54 Å². The van der Waals surface area contributed by atoms with Crippen LogP contribution in [0.2, 0.25) is 0 Å². The van der Waals surface area contributed by atoms with Crippen molar-refractivity contribution >= 4 is 12.0 Å². The Morgan fingerprint density at radius 1 is 1.10 bits per heavy atom. The quantitative estimate of drug-likeness (QED) is 0.861. The molecule has 110 valence electrons. The Morgan fingerprint density at radius 2 is 1.76 bits per heavy atom. The molecule has 5 heteroatoms. The molecule has 3 aliphatic rings. The molecule has 2 amide bonds. The van der Waals surface area contributed by atoms with Crippen molar-refractivity contribution in [1.82, 2.24) is 9.80 Å². The zero-order valence-electron chi connectivity index (χ0n) is 11.7. The van der Waals surface area contributed by atoms with Gasteiger partial charge in [0, 0.05) is 30.2 Å². The molecule has 0 aliphatic carbocycles. The van der Waals surface area contributed by atoms with E-state index < -0.39 is 6.09 Å². The average Bonchev–Trinajstić information content (AvgIpc) is 2.95. The third-order valence-electron chi connectivity index (χ3n) is 5.22. The number of hydrogen-bond donors (Lipinski definition) is 1. The summed E-state index contributed by atoms with van der Waals surface area (Å²) in [7, 11) is 0. The summed E-state index contributed by atoms with van der Waals surface area (Å²) in [5, 5.41) is 9.31. The number of piperidine rings is 1. The van der Waals surface area contributed by atoms with Crippen LogP contribution in [-0.4, -0.2) is 45.0 Å². The number of benzene rings is 1. The van der Waals surface area contributed by atoms with E-state index in [1.165, 1.54) is 0 Å². The fourth-order valence-electron chi connectivity index (χ4n) is 4.29. The number of amides is 2. The maximum absolute atomic E-state index is 12.5. The van der Waals surface area contributed by atoms with Gasteiger partial charge >= 0.3 is 6.09 Å². The molecule has 21 heavy (non-hydrogen) atoms. The van der Waals surface area contributed by atoms with E-state index in [1.54, 1.807) is 4.90 Å². The number of nitrogens with zero attached hydrogens (tertiary/aromatic N) is 2. The lowest BCUT2D eigenvalue weighted by Gasteiger charge is -2.40. The van der Waals surface area contributed by atoms with Crippen LogP contribution in [0.5, 0.6) is 0 Å². The van der Waals surface area contributed by atoms with E-state index in [0.717, 1.165) is 36.8 Å². The van der Waals surface area contributed by atoms with Gasteiger partial charge in [-0.3, -0.25) is 4.79 Å². The highest BCUT2D eigenvalue weighted by Gasteiger charge is 2.46. The van der Waals surface area contributed by atoms with Crippen LogP contribution >= 0.6 is 0 Å². The molecule has 3 aliphatic heterocycles. The minimum Gasteiger partial charge on any atom is -0.465 e. The highest BCUT2D eigenvalue weighted by molar-refractivity contribution is 5.98. The van der Waals surface area contributed by atoms with E-state index in [1.807, 2.05) is 29.2 Å². The van der Waals surface area contributed by atoms with Gasteiger partial charge in [-0.1, -0.05) is 18.2 Å². The van der Waals surface area contributed by atoms with E-state index in [0.29, 0.717) is 6.54 Å². The molecule has 3 heterocycles. The van der Waals surface area contributed by atoms with Crippen molar-refractivity contribution in [3.63, 3.8) is 0 Å². The van der Waals surface area contributed by atoms with Crippen molar-refractivity contribution < 1.29 is 14.7 Å². The van der Waals surface area contributed by atoms with Gasteiger partial charge in [0.2, 0.25) is 0 Å². The predicted molar refractivity (Wildman–Crippen MR) is 76.0 cm³/mol. The normalized spacial score (nSPS) is 30.7. The van der Waals surface area contributed by atoms with Crippen molar-refractivity contribution in [2.75, 3.05) is 0 Å². The molecule has 0 aromatic heterocycles. The van der Waals surface area contributed by atoms with Crippen molar-refractivity contribution in [2.45, 2.75) is 50.4 Å². The third kappa shape index (κ3) is 1.83. The summed E-state index contributed by atoms with van der Waals surface area (Å²) < 4.78 is 0. The second kappa shape index (κ2) is 4.48. The third-order valence-corrected chi connectivity index (χ3v) is 5.22. The largest absolute Gasteiger partial charge is 0.465 e. The monoisotopic (exact) mass is 286 g/mol. The van der Waals surface area contributed by atoms with Crippen molar-refractivity contribution in [3.8, 4) is 0 Å². The minimum atomic E-state index is -0.808. The Hall–Kier alpha value is -2.04. The first-order valence-corrected chi connectivity index (χ1v) is 7.55. The zero-order valence-corrected chi connectivity index (χ0v) is 11.7. The molecule has 1 aromatic rings. The van der Waals surface area contributed by atoms with Crippen LogP contribution in [0.15, 0.2) is 24.3 Å². The molecule has 3 atom stereocenters. The number of carbonyl (C=O) groups excluding carboxylic acids is 1. The molecule has 0 unspecified atom stereocenters. The summed E-state index contributed by atoms with van der Waals surface area (Å²) in [6.07, 6.45) is 2.62. The standard InChI is InChI=1S/C16H18N2O3/c19-15-14-4-2-1-3-10(14)9-17(15)13-7-11-5-6-12(8-13)18(11)16(20)21/h1-4,11-13H,5-9H2,(H,20,21)/t11-,12+,13+. The van der Waals surface area contributed by atoms with E-state index >= 15 is 0 Å². The Morgan fingerprint density at radius 3 is 2.38 bits per heavy atom. The Kier molecular flexibility index (Phi) is 2.71. The number of rotatable bonds is 1. The van der Waals surface area contributed by atoms with Crippen molar-refractivity contribution in [2.24, 2.45) is 0 Å². The summed E-state index contributed by atoms with van der Waals surface area (Å²) >= 11 is 0. The van der Waals surface area contributed by atoms with Gasteiger partial charge in [0.05, 0.1) is 0 Å². The van der Waals surface area contributed by atoms with Crippen LogP contribution in [0.4, 0.5) is 4.79 Å². The molecule has 0 saturated carbocycles. The number of carboxylic acid groups (broad SMARTS) is 1. The molecule has 1 aromatic carbocycles. The molecule has 0 spiro atoms. The van der Waals surface area contributed by atoms with E-state index in [4.69, 9.17) is 0 Å². The lowest BCUT2D eigenvalue weighted by molar-refractivity contribution is 0.0451. The number of carbonyl (C=O) groups is 2. The van der Waals surface area contributed by atoms with Gasteiger partial charge in [-0.2, -0.15) is 0 Å². The van der Waals surface area contributed by atoms with Crippen LogP contribution < -0.4 is 0 Å². The number of fused-ring (bicyclic) bond motifs is 3. The maximum Gasteiger partial charge on any atom is 0.407 e. The van der Waals surface area contributed by atoms with Crippen molar-refractivity contribution in [1.29, 1.82) is 0 Å². The molecule has 0 radical (unpaired) electrons.